The van der Waals surface area contributed by atoms with E-state index in [2.05, 4.69) is 43.3 Å². The van der Waals surface area contributed by atoms with E-state index in [1.165, 1.54) is 0 Å². The Bertz CT molecular complexity index is 2100. The van der Waals surface area contributed by atoms with Crippen molar-refractivity contribution in [2.24, 2.45) is 14.1 Å². The van der Waals surface area contributed by atoms with Crippen LogP contribution in [0.15, 0.2) is 59.5 Å². The zero-order valence-corrected chi connectivity index (χ0v) is 28.6. The summed E-state index contributed by atoms with van der Waals surface area (Å²) in [4.78, 5) is 1.14. The highest BCUT2D eigenvalue weighted by Crippen LogP contribution is 2.44. The van der Waals surface area contributed by atoms with Crippen molar-refractivity contribution < 1.29 is 14.9 Å². The first-order chi connectivity index (χ1) is 22.2. The maximum absolute atomic E-state index is 10.6. The van der Waals surface area contributed by atoms with Crippen LogP contribution in [0, 0.1) is 13.8 Å². The number of hydrogen-bond donors (Lipinski definition) is 2. The second kappa shape index (κ2) is 12.7. The van der Waals surface area contributed by atoms with E-state index < -0.39 is 6.29 Å². The molecule has 0 radical (unpaired) electrons. The predicted octanol–water partition coefficient (Wildman–Crippen LogP) is 7.69. The lowest BCUT2D eigenvalue weighted by molar-refractivity contribution is -0.0486. The molecule has 0 unspecified atom stereocenters. The van der Waals surface area contributed by atoms with Crippen LogP contribution < -0.4 is 4.74 Å². The van der Waals surface area contributed by atoms with E-state index in [9.17, 15) is 10.2 Å². The third-order valence-corrected chi connectivity index (χ3v) is 11.2. The Kier molecular flexibility index (Phi) is 8.58. The van der Waals surface area contributed by atoms with Crippen LogP contribution in [0.25, 0.3) is 32.8 Å². The van der Waals surface area contributed by atoms with Crippen molar-refractivity contribution in [3.05, 3.63) is 93.7 Å². The molecule has 7 rings (SSSR count). The minimum absolute atomic E-state index is 0.465. The van der Waals surface area contributed by atoms with E-state index in [0.29, 0.717) is 36.0 Å². The summed E-state index contributed by atoms with van der Waals surface area (Å²) >= 11 is 10.6. The standard InChI is InChI=1S/C35H36ClN5O3S2/c1-20-31-29-11-10-27(36)33(31)32-21(2)39(3)38-28(32)19-45-17-23-15-24(40(4)37-23)18-46-25-14-22-8-5-6-9-26(22)30(16-25)44-13-7-12-41(29)34(20)35(42)43/h5-6,8-11,14-16,35,42-43H,7,12-13,17-19H2,1-4H3. The van der Waals surface area contributed by atoms with Gasteiger partial charge in [-0.15, -0.1) is 23.5 Å². The molecule has 0 saturated heterocycles. The molecule has 2 N–H and O–H groups in total. The first kappa shape index (κ1) is 31.2. The molecule has 8 bridgehead atoms. The smallest absolute Gasteiger partial charge is 0.194 e. The SMILES string of the molecule is Cc1c(C(O)O)n2c3ccc(Cl)c(c13)-c1c(nn(C)c1C)CSCc1cc(n(C)n1)CSc1cc(c3ccccc3c1)OCCC2. The van der Waals surface area contributed by atoms with Gasteiger partial charge >= 0.3 is 0 Å². The lowest BCUT2D eigenvalue weighted by atomic mass is 9.97. The molecule has 0 spiro atoms. The summed E-state index contributed by atoms with van der Waals surface area (Å²) in [5.41, 5.74) is 8.16. The Morgan fingerprint density at radius 2 is 1.76 bits per heavy atom. The molecular weight excluding hydrogens is 638 g/mol. The van der Waals surface area contributed by atoms with Gasteiger partial charge in [-0.05, 0) is 61.5 Å². The fourth-order valence-electron chi connectivity index (χ4n) is 6.60. The Labute approximate surface area is 281 Å². The average Bonchev–Trinajstić information content (AvgIpc) is 3.63. The molecule has 3 aromatic carbocycles. The highest BCUT2D eigenvalue weighted by atomic mass is 35.5. The van der Waals surface area contributed by atoms with Gasteiger partial charge in [0.25, 0.3) is 0 Å². The van der Waals surface area contributed by atoms with Crippen molar-refractivity contribution >= 4 is 56.8 Å². The quantitative estimate of drug-likeness (QED) is 0.173. The topological polar surface area (TPSA) is 90.3 Å². The summed E-state index contributed by atoms with van der Waals surface area (Å²) in [5, 5.41) is 34.7. The summed E-state index contributed by atoms with van der Waals surface area (Å²) in [7, 11) is 3.96. The summed E-state index contributed by atoms with van der Waals surface area (Å²) in [6.45, 7) is 5.00. The number of rotatable bonds is 1. The number of aryl methyl sites for hydroxylation is 4. The van der Waals surface area contributed by atoms with E-state index in [0.717, 1.165) is 83.3 Å². The van der Waals surface area contributed by atoms with Crippen molar-refractivity contribution in [1.29, 1.82) is 0 Å². The number of benzene rings is 3. The summed E-state index contributed by atoms with van der Waals surface area (Å²) < 4.78 is 12.3. The molecular formula is C35H36ClN5O3S2. The van der Waals surface area contributed by atoms with Gasteiger partial charge in [-0.25, -0.2) is 0 Å². The van der Waals surface area contributed by atoms with Gasteiger partial charge in [0.2, 0.25) is 0 Å². The second-order valence-corrected chi connectivity index (χ2v) is 14.2. The van der Waals surface area contributed by atoms with E-state index in [4.69, 9.17) is 26.5 Å². The number of hydrogen-bond acceptors (Lipinski definition) is 7. The van der Waals surface area contributed by atoms with Gasteiger partial charge in [-0.1, -0.05) is 35.9 Å². The zero-order chi connectivity index (χ0) is 32.1. The third kappa shape index (κ3) is 5.60. The van der Waals surface area contributed by atoms with Gasteiger partial charge in [-0.3, -0.25) is 9.36 Å². The normalized spacial score (nSPS) is 14.5. The Hall–Kier alpha value is -3.41. The van der Waals surface area contributed by atoms with E-state index in [1.54, 1.807) is 23.5 Å². The monoisotopic (exact) mass is 673 g/mol. The van der Waals surface area contributed by atoms with E-state index in [-0.39, 0.29) is 0 Å². The van der Waals surface area contributed by atoms with Gasteiger partial charge in [-0.2, -0.15) is 10.2 Å². The fraction of sp³-hybridized carbons (Fsp3) is 0.314. The van der Waals surface area contributed by atoms with Crippen LogP contribution in [0.2, 0.25) is 5.02 Å². The maximum atomic E-state index is 10.6. The van der Waals surface area contributed by atoms with Crippen molar-refractivity contribution in [2.75, 3.05) is 6.61 Å². The first-order valence-corrected chi connectivity index (χ1v) is 17.8. The van der Waals surface area contributed by atoms with Crippen LogP contribution in [-0.4, -0.2) is 40.9 Å². The number of ether oxygens (including phenoxy) is 1. The van der Waals surface area contributed by atoms with Crippen LogP contribution in [-0.2, 0) is 37.9 Å². The number of halogens is 1. The van der Waals surface area contributed by atoms with E-state index in [1.807, 2.05) is 53.1 Å². The molecule has 1 aliphatic heterocycles. The predicted molar refractivity (Wildman–Crippen MR) is 188 cm³/mol. The molecule has 3 aromatic heterocycles. The summed E-state index contributed by atoms with van der Waals surface area (Å²) in [6, 6.07) is 18.7. The maximum Gasteiger partial charge on any atom is 0.194 e. The fourth-order valence-corrected chi connectivity index (χ4v) is 8.68. The molecule has 0 fully saturated rings. The molecule has 0 saturated carbocycles. The van der Waals surface area contributed by atoms with Gasteiger partial charge in [0.15, 0.2) is 6.29 Å². The molecule has 0 aliphatic carbocycles. The molecule has 0 atom stereocenters. The van der Waals surface area contributed by atoms with E-state index >= 15 is 0 Å². The minimum Gasteiger partial charge on any atom is -0.493 e. The molecule has 8 nitrogen and oxygen atoms in total. The number of aromatic nitrogens is 5. The van der Waals surface area contributed by atoms with Crippen LogP contribution in [0.3, 0.4) is 0 Å². The molecule has 46 heavy (non-hydrogen) atoms. The van der Waals surface area contributed by atoms with Gasteiger partial charge < -0.3 is 19.5 Å². The highest BCUT2D eigenvalue weighted by Gasteiger charge is 2.26. The lowest BCUT2D eigenvalue weighted by Gasteiger charge is -2.15. The summed E-state index contributed by atoms with van der Waals surface area (Å²) in [5.74, 6) is 3.06. The van der Waals surface area contributed by atoms with Crippen molar-refractivity contribution in [3.63, 3.8) is 0 Å². The number of nitrogens with zero attached hydrogens (tertiary/aromatic N) is 5. The second-order valence-electron chi connectivity index (χ2n) is 11.8. The zero-order valence-electron chi connectivity index (χ0n) is 26.2. The number of thioether (sulfide) groups is 2. The van der Waals surface area contributed by atoms with Crippen LogP contribution in [0.5, 0.6) is 5.75 Å². The average molecular weight is 674 g/mol. The molecule has 6 aromatic rings. The lowest BCUT2D eigenvalue weighted by Crippen LogP contribution is -2.11. The minimum atomic E-state index is -1.64. The largest absolute Gasteiger partial charge is 0.493 e. The molecule has 4 heterocycles. The Morgan fingerprint density at radius 3 is 2.59 bits per heavy atom. The van der Waals surface area contributed by atoms with Crippen molar-refractivity contribution in [3.8, 4) is 16.9 Å². The van der Waals surface area contributed by atoms with Crippen LogP contribution in [0.1, 0.15) is 46.7 Å². The van der Waals surface area contributed by atoms with Gasteiger partial charge in [0.1, 0.15) is 5.75 Å². The number of fused-ring (bicyclic) bond motifs is 8. The third-order valence-electron chi connectivity index (χ3n) is 8.86. The van der Waals surface area contributed by atoms with Crippen molar-refractivity contribution in [2.45, 2.75) is 55.3 Å². The highest BCUT2D eigenvalue weighted by molar-refractivity contribution is 7.98. The molecule has 0 amide bonds. The molecule has 11 heteroatoms. The Morgan fingerprint density at radius 1 is 0.935 bits per heavy atom. The van der Waals surface area contributed by atoms with Gasteiger partial charge in [0.05, 0.1) is 23.7 Å². The van der Waals surface area contributed by atoms with Crippen molar-refractivity contribution in [1.82, 2.24) is 24.1 Å². The van der Waals surface area contributed by atoms with Gasteiger partial charge in [0, 0.05) is 86.6 Å². The Balaban J connectivity index is 1.36. The molecule has 238 valence electrons. The van der Waals surface area contributed by atoms with Crippen LogP contribution in [0.4, 0.5) is 0 Å². The molecule has 1 aliphatic rings. The van der Waals surface area contributed by atoms with Crippen LogP contribution >= 0.6 is 35.1 Å². The summed E-state index contributed by atoms with van der Waals surface area (Å²) in [6.07, 6.45) is -0.977. The number of aliphatic hydroxyl groups is 2. The number of aliphatic hydroxyl groups excluding tert-OH is 1. The first-order valence-electron chi connectivity index (χ1n) is 15.3.